The van der Waals surface area contributed by atoms with E-state index in [-0.39, 0.29) is 24.0 Å². The molecule has 1 aromatic heterocycles. The van der Waals surface area contributed by atoms with E-state index in [1.165, 1.54) is 23.1 Å². The molecule has 162 valence electrons. The molecule has 2 amide bonds. The van der Waals surface area contributed by atoms with E-state index in [1.54, 1.807) is 26.4 Å². The van der Waals surface area contributed by atoms with E-state index in [0.29, 0.717) is 23.7 Å². The van der Waals surface area contributed by atoms with E-state index in [2.05, 4.69) is 15.6 Å². The number of rotatable bonds is 10. The van der Waals surface area contributed by atoms with Crippen molar-refractivity contribution in [2.75, 3.05) is 25.3 Å². The number of thioether (sulfide) groups is 1. The highest BCUT2D eigenvalue weighted by Crippen LogP contribution is 2.24. The number of carbonyl (C=O) groups is 2. The zero-order valence-corrected chi connectivity index (χ0v) is 18.8. The van der Waals surface area contributed by atoms with Crippen LogP contribution in [-0.4, -0.2) is 36.8 Å². The minimum absolute atomic E-state index is 0.122. The zero-order valence-electron chi connectivity index (χ0n) is 17.2. The van der Waals surface area contributed by atoms with E-state index in [0.717, 1.165) is 15.7 Å². The molecule has 0 aliphatic heterocycles. The Labute approximate surface area is 189 Å². The highest BCUT2D eigenvalue weighted by molar-refractivity contribution is 8.01. The van der Waals surface area contributed by atoms with E-state index >= 15 is 0 Å². The largest absolute Gasteiger partial charge is 0.497 e. The summed E-state index contributed by atoms with van der Waals surface area (Å²) < 4.78 is 11.2. The number of ether oxygens (including phenoxy) is 2. The molecule has 3 rings (SSSR count). The standard InChI is InChI=1S/C22H23N3O4S2/c1-28-18-8-5-7-16(10-18)24-21(27)14-31-22-25-17(13-30-22)11-20(26)23-12-15-6-3-4-9-19(15)29-2/h3-10,13H,11-12,14H2,1-2H3,(H,23,26)(H,24,27). The second-order valence-electron chi connectivity index (χ2n) is 6.44. The minimum atomic E-state index is -0.135. The van der Waals surface area contributed by atoms with Gasteiger partial charge in [-0.05, 0) is 18.2 Å². The van der Waals surface area contributed by atoms with Gasteiger partial charge in [0.1, 0.15) is 11.5 Å². The molecule has 0 aliphatic carbocycles. The number of benzene rings is 2. The minimum Gasteiger partial charge on any atom is -0.497 e. The highest BCUT2D eigenvalue weighted by atomic mass is 32.2. The molecule has 3 aromatic rings. The summed E-state index contributed by atoms with van der Waals surface area (Å²) in [5.74, 6) is 1.39. The van der Waals surface area contributed by atoms with Gasteiger partial charge in [-0.15, -0.1) is 11.3 Å². The first-order chi connectivity index (χ1) is 15.1. The van der Waals surface area contributed by atoms with Crippen molar-refractivity contribution in [1.29, 1.82) is 0 Å². The third-order valence-electron chi connectivity index (χ3n) is 4.22. The Kier molecular flexibility index (Phi) is 8.31. The molecule has 2 N–H and O–H groups in total. The topological polar surface area (TPSA) is 89.5 Å². The molecular formula is C22H23N3O4S2. The summed E-state index contributed by atoms with van der Waals surface area (Å²) >= 11 is 2.75. The van der Waals surface area contributed by atoms with Crippen molar-refractivity contribution in [3.05, 3.63) is 65.2 Å². The van der Waals surface area contributed by atoms with E-state index in [9.17, 15) is 9.59 Å². The summed E-state index contributed by atoms with van der Waals surface area (Å²) in [6.45, 7) is 0.388. The Bertz CT molecular complexity index is 1040. The number of hydrogen-bond acceptors (Lipinski definition) is 7. The lowest BCUT2D eigenvalue weighted by Crippen LogP contribution is -2.24. The molecule has 0 unspecified atom stereocenters. The van der Waals surface area contributed by atoms with E-state index in [4.69, 9.17) is 9.47 Å². The fourth-order valence-corrected chi connectivity index (χ4v) is 4.38. The number of amides is 2. The molecule has 9 heteroatoms. The molecule has 31 heavy (non-hydrogen) atoms. The van der Waals surface area contributed by atoms with Gasteiger partial charge in [-0.2, -0.15) is 0 Å². The molecule has 0 saturated heterocycles. The first-order valence-electron chi connectivity index (χ1n) is 9.47. The van der Waals surface area contributed by atoms with Crippen LogP contribution in [0.15, 0.2) is 58.3 Å². The predicted octanol–water partition coefficient (Wildman–Crippen LogP) is 3.75. The Morgan fingerprint density at radius 3 is 2.71 bits per heavy atom. The fourth-order valence-electron chi connectivity index (χ4n) is 2.73. The summed E-state index contributed by atoms with van der Waals surface area (Å²) in [6, 6.07) is 14.7. The van der Waals surface area contributed by atoms with Gasteiger partial charge in [0.25, 0.3) is 0 Å². The van der Waals surface area contributed by atoms with Gasteiger partial charge in [0.15, 0.2) is 4.34 Å². The van der Waals surface area contributed by atoms with Crippen LogP contribution < -0.4 is 20.1 Å². The summed E-state index contributed by atoms with van der Waals surface area (Å²) in [7, 11) is 3.18. The molecule has 0 spiro atoms. The molecule has 0 aliphatic rings. The number of thiazole rings is 1. The zero-order chi connectivity index (χ0) is 22.1. The van der Waals surface area contributed by atoms with Crippen molar-refractivity contribution in [2.45, 2.75) is 17.3 Å². The molecule has 0 bridgehead atoms. The Morgan fingerprint density at radius 2 is 1.90 bits per heavy atom. The van der Waals surface area contributed by atoms with Crippen molar-refractivity contribution < 1.29 is 19.1 Å². The maximum Gasteiger partial charge on any atom is 0.234 e. The first-order valence-corrected chi connectivity index (χ1v) is 11.3. The molecular weight excluding hydrogens is 434 g/mol. The number of nitrogens with one attached hydrogen (secondary N) is 2. The Morgan fingerprint density at radius 1 is 1.06 bits per heavy atom. The van der Waals surface area contributed by atoms with Crippen molar-refractivity contribution >= 4 is 40.6 Å². The number of para-hydroxylation sites is 1. The van der Waals surface area contributed by atoms with Crippen molar-refractivity contribution in [2.24, 2.45) is 0 Å². The van der Waals surface area contributed by atoms with E-state index in [1.807, 2.05) is 41.8 Å². The third-order valence-corrected chi connectivity index (χ3v) is 6.29. The lowest BCUT2D eigenvalue weighted by molar-refractivity contribution is -0.120. The molecule has 0 saturated carbocycles. The molecule has 0 fully saturated rings. The van der Waals surface area contributed by atoms with Crippen molar-refractivity contribution in [1.82, 2.24) is 10.3 Å². The normalized spacial score (nSPS) is 10.4. The maximum atomic E-state index is 12.2. The summed E-state index contributed by atoms with van der Waals surface area (Å²) in [4.78, 5) is 28.9. The summed E-state index contributed by atoms with van der Waals surface area (Å²) in [6.07, 6.45) is 0.183. The average molecular weight is 458 g/mol. The van der Waals surface area contributed by atoms with Gasteiger partial charge < -0.3 is 20.1 Å². The average Bonchev–Trinajstić information content (AvgIpc) is 3.23. The number of anilines is 1. The van der Waals surface area contributed by atoms with Gasteiger partial charge in [-0.25, -0.2) is 4.98 Å². The van der Waals surface area contributed by atoms with Gasteiger partial charge in [-0.1, -0.05) is 36.0 Å². The van der Waals surface area contributed by atoms with Gasteiger partial charge >= 0.3 is 0 Å². The highest BCUT2D eigenvalue weighted by Gasteiger charge is 2.11. The maximum absolute atomic E-state index is 12.2. The third kappa shape index (κ3) is 7.01. The van der Waals surface area contributed by atoms with Crippen LogP contribution >= 0.6 is 23.1 Å². The second kappa shape index (κ2) is 11.4. The van der Waals surface area contributed by atoms with Crippen LogP contribution in [0, 0.1) is 0 Å². The molecule has 2 aromatic carbocycles. The smallest absolute Gasteiger partial charge is 0.234 e. The quantitative estimate of drug-likeness (QED) is 0.451. The molecule has 1 heterocycles. The van der Waals surface area contributed by atoms with Crippen LogP contribution in [-0.2, 0) is 22.6 Å². The number of nitrogens with zero attached hydrogens (tertiary/aromatic N) is 1. The summed E-state index contributed by atoms with van der Waals surface area (Å²) in [5, 5.41) is 7.55. The second-order valence-corrected chi connectivity index (χ2v) is 8.52. The number of hydrogen-bond donors (Lipinski definition) is 2. The van der Waals surface area contributed by atoms with Gasteiger partial charge in [-0.3, -0.25) is 9.59 Å². The molecule has 0 radical (unpaired) electrons. The van der Waals surface area contributed by atoms with Crippen LogP contribution in [0.4, 0.5) is 5.69 Å². The van der Waals surface area contributed by atoms with Crippen molar-refractivity contribution in [3.63, 3.8) is 0 Å². The lowest BCUT2D eigenvalue weighted by atomic mass is 10.2. The predicted molar refractivity (Wildman–Crippen MR) is 123 cm³/mol. The monoisotopic (exact) mass is 457 g/mol. The van der Waals surface area contributed by atoms with Crippen LogP contribution in [0.25, 0.3) is 0 Å². The lowest BCUT2D eigenvalue weighted by Gasteiger charge is -2.09. The SMILES string of the molecule is COc1cccc(NC(=O)CSc2nc(CC(=O)NCc3ccccc3OC)cs2)c1. The molecule has 0 atom stereocenters. The van der Waals surface area contributed by atoms with Gasteiger partial charge in [0, 0.05) is 29.2 Å². The first kappa shape index (κ1) is 22.6. The number of methoxy groups -OCH3 is 2. The number of aromatic nitrogens is 1. The fraction of sp³-hybridized carbons (Fsp3) is 0.227. The van der Waals surface area contributed by atoms with Gasteiger partial charge in [0.2, 0.25) is 11.8 Å². The van der Waals surface area contributed by atoms with Crippen LogP contribution in [0.3, 0.4) is 0 Å². The Balaban J connectivity index is 1.44. The summed E-state index contributed by atoms with van der Waals surface area (Å²) in [5.41, 5.74) is 2.27. The van der Waals surface area contributed by atoms with Crippen LogP contribution in [0.5, 0.6) is 11.5 Å². The number of carbonyl (C=O) groups excluding carboxylic acids is 2. The van der Waals surface area contributed by atoms with Crippen LogP contribution in [0.1, 0.15) is 11.3 Å². The molecule has 7 nitrogen and oxygen atoms in total. The van der Waals surface area contributed by atoms with E-state index < -0.39 is 0 Å². The van der Waals surface area contributed by atoms with Crippen molar-refractivity contribution in [3.8, 4) is 11.5 Å². The van der Waals surface area contributed by atoms with Gasteiger partial charge in [0.05, 0.1) is 32.1 Å². The van der Waals surface area contributed by atoms with Crippen LogP contribution in [0.2, 0.25) is 0 Å². The Hall–Kier alpha value is -3.04.